The lowest BCUT2D eigenvalue weighted by atomic mass is 10.1. The summed E-state index contributed by atoms with van der Waals surface area (Å²) >= 11 is 3.31. The number of H-pyrrole nitrogens is 1. The first-order valence-electron chi connectivity index (χ1n) is 6.12. The second-order valence-electron chi connectivity index (χ2n) is 4.59. The summed E-state index contributed by atoms with van der Waals surface area (Å²) in [6, 6.07) is 5.23. The number of aromatic nitrogens is 2. The molecule has 0 aliphatic heterocycles. The molecule has 0 bridgehead atoms. The van der Waals surface area contributed by atoms with Crippen molar-refractivity contribution in [2.75, 3.05) is 0 Å². The van der Waals surface area contributed by atoms with E-state index >= 15 is 0 Å². The average Bonchev–Trinajstić information content (AvgIpc) is 2.43. The minimum absolute atomic E-state index is 0.156. The van der Waals surface area contributed by atoms with Crippen LogP contribution in [0.4, 0.5) is 8.78 Å². The van der Waals surface area contributed by atoms with Gasteiger partial charge < -0.3 is 4.98 Å². The molecular formula is C15H9BrF2N2O. The molecule has 3 nitrogen and oxygen atoms in total. The molecule has 0 aliphatic carbocycles. The Morgan fingerprint density at radius 2 is 2.05 bits per heavy atom. The topological polar surface area (TPSA) is 45.8 Å². The zero-order chi connectivity index (χ0) is 15.1. The van der Waals surface area contributed by atoms with Gasteiger partial charge in [0, 0.05) is 22.8 Å². The van der Waals surface area contributed by atoms with Crippen LogP contribution < -0.4 is 5.56 Å². The number of benzene rings is 1. The fourth-order valence-corrected chi connectivity index (χ4v) is 2.81. The van der Waals surface area contributed by atoms with Gasteiger partial charge in [-0.2, -0.15) is 0 Å². The molecule has 106 valence electrons. The first-order valence-corrected chi connectivity index (χ1v) is 6.91. The minimum atomic E-state index is -0.712. The van der Waals surface area contributed by atoms with Crippen LogP contribution in [-0.2, 0) is 0 Å². The molecule has 0 fully saturated rings. The normalized spacial score (nSPS) is 11.0. The van der Waals surface area contributed by atoms with Crippen LogP contribution in [0.15, 0.2) is 39.7 Å². The monoisotopic (exact) mass is 350 g/mol. The van der Waals surface area contributed by atoms with E-state index in [1.54, 1.807) is 19.1 Å². The van der Waals surface area contributed by atoms with Crippen LogP contribution in [-0.4, -0.2) is 9.97 Å². The Kier molecular flexibility index (Phi) is 3.33. The number of nitrogens with zero attached hydrogens (tertiary/aromatic N) is 1. The highest BCUT2D eigenvalue weighted by Crippen LogP contribution is 2.33. The van der Waals surface area contributed by atoms with Crippen molar-refractivity contribution in [2.24, 2.45) is 0 Å². The highest BCUT2D eigenvalue weighted by molar-refractivity contribution is 9.10. The predicted octanol–water partition coefficient (Wildman–Crippen LogP) is 3.94. The molecule has 3 rings (SSSR count). The van der Waals surface area contributed by atoms with Crippen molar-refractivity contribution >= 4 is 26.8 Å². The molecular weight excluding hydrogens is 342 g/mol. The summed E-state index contributed by atoms with van der Waals surface area (Å²) in [5.74, 6) is -1.41. The van der Waals surface area contributed by atoms with Gasteiger partial charge in [0.05, 0.1) is 22.2 Å². The van der Waals surface area contributed by atoms with E-state index in [2.05, 4.69) is 25.9 Å². The Balaban J connectivity index is 2.44. The molecule has 0 saturated heterocycles. The number of aromatic amines is 1. The van der Waals surface area contributed by atoms with E-state index in [1.165, 1.54) is 6.20 Å². The van der Waals surface area contributed by atoms with Gasteiger partial charge in [-0.15, -0.1) is 0 Å². The average molecular weight is 351 g/mol. The van der Waals surface area contributed by atoms with Crippen molar-refractivity contribution in [1.29, 1.82) is 0 Å². The SMILES string of the molecule is Cc1c(-c2ccc[nH]c2=O)nc2cc(F)cc(F)c2c1Br. The van der Waals surface area contributed by atoms with Gasteiger partial charge in [-0.1, -0.05) is 0 Å². The molecule has 3 aromatic rings. The maximum Gasteiger partial charge on any atom is 0.257 e. The fourth-order valence-electron chi connectivity index (χ4n) is 2.23. The Labute approximate surface area is 126 Å². The Hall–Kier alpha value is -2.08. The van der Waals surface area contributed by atoms with Crippen molar-refractivity contribution < 1.29 is 8.78 Å². The molecule has 1 aromatic carbocycles. The smallest absolute Gasteiger partial charge is 0.257 e. The third kappa shape index (κ3) is 2.25. The van der Waals surface area contributed by atoms with Crippen LogP contribution in [0.5, 0.6) is 0 Å². The van der Waals surface area contributed by atoms with E-state index in [1.807, 2.05) is 0 Å². The van der Waals surface area contributed by atoms with Gasteiger partial charge in [0.25, 0.3) is 5.56 Å². The van der Waals surface area contributed by atoms with Crippen molar-refractivity contribution in [2.45, 2.75) is 6.92 Å². The largest absolute Gasteiger partial charge is 0.329 e. The molecule has 0 unspecified atom stereocenters. The van der Waals surface area contributed by atoms with Gasteiger partial charge in [0.2, 0.25) is 0 Å². The molecule has 0 aliphatic rings. The molecule has 0 radical (unpaired) electrons. The van der Waals surface area contributed by atoms with Crippen molar-refractivity contribution in [3.05, 3.63) is 62.5 Å². The quantitative estimate of drug-likeness (QED) is 0.722. The summed E-state index contributed by atoms with van der Waals surface area (Å²) in [5, 5.41) is 0.199. The number of hydrogen-bond acceptors (Lipinski definition) is 2. The fraction of sp³-hybridized carbons (Fsp3) is 0.0667. The zero-order valence-corrected chi connectivity index (χ0v) is 12.5. The van der Waals surface area contributed by atoms with Crippen LogP contribution in [0.1, 0.15) is 5.56 Å². The van der Waals surface area contributed by atoms with Gasteiger partial charge in [-0.25, -0.2) is 13.8 Å². The third-order valence-electron chi connectivity index (χ3n) is 3.24. The maximum atomic E-state index is 13.9. The van der Waals surface area contributed by atoms with E-state index in [-0.39, 0.29) is 16.5 Å². The first-order chi connectivity index (χ1) is 9.99. The lowest BCUT2D eigenvalue weighted by Gasteiger charge is -2.11. The zero-order valence-electron chi connectivity index (χ0n) is 10.9. The number of nitrogens with one attached hydrogen (secondary N) is 1. The van der Waals surface area contributed by atoms with E-state index in [0.29, 0.717) is 21.3 Å². The number of hydrogen-bond donors (Lipinski definition) is 1. The summed E-state index contributed by atoms with van der Waals surface area (Å²) in [6.45, 7) is 1.72. The molecule has 2 aromatic heterocycles. The maximum absolute atomic E-state index is 13.9. The van der Waals surface area contributed by atoms with Crippen LogP contribution in [0.3, 0.4) is 0 Å². The molecule has 0 spiro atoms. The number of fused-ring (bicyclic) bond motifs is 1. The highest BCUT2D eigenvalue weighted by Gasteiger charge is 2.17. The van der Waals surface area contributed by atoms with E-state index in [0.717, 1.165) is 12.1 Å². The second kappa shape index (κ2) is 5.04. The van der Waals surface area contributed by atoms with Gasteiger partial charge >= 0.3 is 0 Å². The van der Waals surface area contributed by atoms with Crippen LogP contribution in [0, 0.1) is 18.6 Å². The highest BCUT2D eigenvalue weighted by atomic mass is 79.9. The third-order valence-corrected chi connectivity index (χ3v) is 4.23. The number of pyridine rings is 2. The summed E-state index contributed by atoms with van der Waals surface area (Å²) in [4.78, 5) is 18.7. The molecule has 21 heavy (non-hydrogen) atoms. The predicted molar refractivity (Wildman–Crippen MR) is 80.2 cm³/mol. The Morgan fingerprint density at radius 3 is 2.76 bits per heavy atom. The standard InChI is InChI=1S/C15H9BrF2N2O/c1-7-13(16)12-10(18)5-8(17)6-11(12)20-14(7)9-3-2-4-19-15(9)21/h2-6H,1H3,(H,19,21). The molecule has 0 atom stereocenters. The Morgan fingerprint density at radius 1 is 1.29 bits per heavy atom. The van der Waals surface area contributed by atoms with Gasteiger partial charge in [-0.05, 0) is 40.5 Å². The Bertz CT molecular complexity index is 921. The van der Waals surface area contributed by atoms with Gasteiger partial charge in [-0.3, -0.25) is 4.79 Å². The van der Waals surface area contributed by atoms with E-state index in [9.17, 15) is 13.6 Å². The first kappa shape index (κ1) is 13.9. The summed E-state index contributed by atoms with van der Waals surface area (Å²) in [6.07, 6.45) is 1.51. The van der Waals surface area contributed by atoms with Gasteiger partial charge in [0.15, 0.2) is 0 Å². The molecule has 0 saturated carbocycles. The van der Waals surface area contributed by atoms with Crippen molar-refractivity contribution in [3.8, 4) is 11.3 Å². The van der Waals surface area contributed by atoms with Crippen LogP contribution in [0.25, 0.3) is 22.2 Å². The van der Waals surface area contributed by atoms with Crippen molar-refractivity contribution in [1.82, 2.24) is 9.97 Å². The lowest BCUT2D eigenvalue weighted by molar-refractivity contribution is 0.591. The minimum Gasteiger partial charge on any atom is -0.329 e. The lowest BCUT2D eigenvalue weighted by Crippen LogP contribution is -2.09. The number of halogens is 3. The molecule has 1 N–H and O–H groups in total. The second-order valence-corrected chi connectivity index (χ2v) is 5.39. The van der Waals surface area contributed by atoms with Gasteiger partial charge in [0.1, 0.15) is 11.6 Å². The van der Waals surface area contributed by atoms with Crippen molar-refractivity contribution in [3.63, 3.8) is 0 Å². The van der Waals surface area contributed by atoms with E-state index in [4.69, 9.17) is 0 Å². The summed E-state index contributed by atoms with van der Waals surface area (Å²) < 4.78 is 27.8. The molecule has 2 heterocycles. The molecule has 6 heteroatoms. The summed E-state index contributed by atoms with van der Waals surface area (Å²) in [5.41, 5.74) is 1.20. The van der Waals surface area contributed by atoms with Crippen LogP contribution in [0.2, 0.25) is 0 Å². The van der Waals surface area contributed by atoms with Crippen LogP contribution >= 0.6 is 15.9 Å². The number of rotatable bonds is 1. The van der Waals surface area contributed by atoms with E-state index < -0.39 is 11.6 Å². The summed E-state index contributed by atoms with van der Waals surface area (Å²) in [7, 11) is 0. The molecule has 0 amide bonds.